The van der Waals surface area contributed by atoms with E-state index in [9.17, 15) is 19.8 Å². The summed E-state index contributed by atoms with van der Waals surface area (Å²) < 4.78 is 6.08. The number of rotatable bonds is 8. The smallest absolute Gasteiger partial charge is 0.128 e. The van der Waals surface area contributed by atoms with E-state index in [1.54, 1.807) is 24.3 Å². The van der Waals surface area contributed by atoms with E-state index < -0.39 is 18.5 Å². The maximum absolute atomic E-state index is 10.9. The van der Waals surface area contributed by atoms with Gasteiger partial charge in [0.05, 0.1) is 16.2 Å². The van der Waals surface area contributed by atoms with Gasteiger partial charge in [-0.25, -0.2) is 4.98 Å². The van der Waals surface area contributed by atoms with Gasteiger partial charge in [-0.2, -0.15) is 0 Å². The molecule has 7 heteroatoms. The van der Waals surface area contributed by atoms with Gasteiger partial charge >= 0.3 is 0 Å². The van der Waals surface area contributed by atoms with Gasteiger partial charge < -0.3 is 24.5 Å². The molecule has 1 aromatic heterocycles. The highest BCUT2D eigenvalue weighted by Crippen LogP contribution is 2.31. The number of carboxylic acids is 2. The first kappa shape index (κ1) is 18.6. The van der Waals surface area contributed by atoms with E-state index in [4.69, 9.17) is 4.74 Å². The molecule has 138 valence electrons. The molecule has 0 amide bonds. The number of aromatic nitrogens is 1. The fourth-order valence-electron chi connectivity index (χ4n) is 2.49. The zero-order valence-corrected chi connectivity index (χ0v) is 15.0. The van der Waals surface area contributed by atoms with E-state index in [1.807, 2.05) is 30.3 Å². The molecule has 3 aromatic rings. The van der Waals surface area contributed by atoms with Crippen molar-refractivity contribution in [2.24, 2.45) is 0 Å². The van der Waals surface area contributed by atoms with Gasteiger partial charge in [0.2, 0.25) is 0 Å². The van der Waals surface area contributed by atoms with Crippen molar-refractivity contribution < 1.29 is 24.5 Å². The maximum atomic E-state index is 10.9. The van der Waals surface area contributed by atoms with Crippen LogP contribution in [-0.2, 0) is 9.59 Å². The fraction of sp³-hybridized carbons (Fsp3) is 0.150. The van der Waals surface area contributed by atoms with Crippen molar-refractivity contribution >= 4 is 45.1 Å². The Hall–Kier alpha value is -3.19. The quantitative estimate of drug-likeness (QED) is 0.586. The van der Waals surface area contributed by atoms with Crippen LogP contribution in [-0.4, -0.2) is 23.5 Å². The van der Waals surface area contributed by atoms with Crippen LogP contribution < -0.4 is 14.9 Å². The van der Waals surface area contributed by atoms with E-state index in [1.165, 1.54) is 11.3 Å². The summed E-state index contributed by atoms with van der Waals surface area (Å²) in [7, 11) is 0. The number of hydrogen-bond acceptors (Lipinski definition) is 7. The van der Waals surface area contributed by atoms with Crippen LogP contribution in [0.1, 0.15) is 23.4 Å². The molecule has 27 heavy (non-hydrogen) atoms. The largest absolute Gasteiger partial charge is 0.550 e. The van der Waals surface area contributed by atoms with Crippen LogP contribution in [0.15, 0.2) is 48.5 Å². The summed E-state index contributed by atoms with van der Waals surface area (Å²) in [6, 6.07) is 14.5. The molecule has 2 aromatic carbocycles. The van der Waals surface area contributed by atoms with Crippen LogP contribution in [0.2, 0.25) is 0 Å². The molecule has 0 saturated carbocycles. The summed E-state index contributed by atoms with van der Waals surface area (Å²) in [5.74, 6) is -2.00. The highest BCUT2D eigenvalue weighted by atomic mass is 32.1. The van der Waals surface area contributed by atoms with Crippen molar-refractivity contribution in [3.63, 3.8) is 0 Å². The van der Waals surface area contributed by atoms with Gasteiger partial charge in [0, 0.05) is 5.97 Å². The second kappa shape index (κ2) is 8.46. The third kappa shape index (κ3) is 5.15. The molecular formula is C20H15NO5S-2. The first-order valence-electron chi connectivity index (χ1n) is 8.20. The summed E-state index contributed by atoms with van der Waals surface area (Å²) in [6.07, 6.45) is 2.06. The van der Waals surface area contributed by atoms with Gasteiger partial charge in [-0.15, -0.1) is 11.3 Å². The number of carboxylic acid groups (broad SMARTS) is 2. The summed E-state index contributed by atoms with van der Waals surface area (Å²) in [5.41, 5.74) is 2.48. The van der Waals surface area contributed by atoms with Crippen molar-refractivity contribution in [2.45, 2.75) is 12.8 Å². The number of allylic oxidation sites excluding steroid dienone is 1. The summed E-state index contributed by atoms with van der Waals surface area (Å²) in [5, 5.41) is 22.1. The minimum absolute atomic E-state index is 0.103. The number of hydrogen-bond donors (Lipinski definition) is 0. The van der Waals surface area contributed by atoms with Crippen molar-refractivity contribution in [1.29, 1.82) is 0 Å². The number of fused-ring (bicyclic) bond motifs is 1. The van der Waals surface area contributed by atoms with Gasteiger partial charge in [0.15, 0.2) is 0 Å². The maximum Gasteiger partial charge on any atom is 0.128 e. The standard InChI is InChI=1S/C20H17NO5S/c22-18(23)10-7-14(20-21-16-3-1-2-4-17(16)27-20)11-13-5-8-15(9-6-13)26-12-19(24)25/h1-6,8-9,11H,7,10,12H2,(H,22,23)(H,24,25)/p-2/b14-11+. The molecule has 0 aliphatic heterocycles. The van der Waals surface area contributed by atoms with Crippen LogP contribution in [0.4, 0.5) is 0 Å². The number of carbonyl (C=O) groups is 2. The number of para-hydroxylation sites is 1. The molecule has 6 nitrogen and oxygen atoms in total. The summed E-state index contributed by atoms with van der Waals surface area (Å²) >= 11 is 1.50. The Labute approximate surface area is 159 Å². The van der Waals surface area contributed by atoms with Crippen LogP contribution in [0.3, 0.4) is 0 Å². The summed E-state index contributed by atoms with van der Waals surface area (Å²) in [4.78, 5) is 25.9. The minimum Gasteiger partial charge on any atom is -0.550 e. The molecule has 0 atom stereocenters. The first-order valence-corrected chi connectivity index (χ1v) is 9.02. The molecule has 1 heterocycles. The molecule has 0 aliphatic rings. The zero-order chi connectivity index (χ0) is 19.2. The van der Waals surface area contributed by atoms with Gasteiger partial charge in [0.1, 0.15) is 17.4 Å². The van der Waals surface area contributed by atoms with Crippen LogP contribution in [0.25, 0.3) is 21.9 Å². The van der Waals surface area contributed by atoms with Crippen molar-refractivity contribution in [1.82, 2.24) is 4.98 Å². The monoisotopic (exact) mass is 381 g/mol. The second-order valence-electron chi connectivity index (χ2n) is 5.76. The lowest BCUT2D eigenvalue weighted by molar-refractivity contribution is -0.308. The Morgan fingerprint density at radius 3 is 2.41 bits per heavy atom. The number of ether oxygens (including phenoxy) is 1. The molecule has 0 aliphatic carbocycles. The highest BCUT2D eigenvalue weighted by Gasteiger charge is 2.09. The third-order valence-electron chi connectivity index (χ3n) is 3.74. The molecule has 0 bridgehead atoms. The van der Waals surface area contributed by atoms with Crippen LogP contribution >= 0.6 is 11.3 Å². The lowest BCUT2D eigenvalue weighted by Crippen LogP contribution is -2.28. The highest BCUT2D eigenvalue weighted by molar-refractivity contribution is 7.19. The number of nitrogens with zero attached hydrogens (tertiary/aromatic N) is 1. The molecule has 3 rings (SSSR count). The molecule has 0 unspecified atom stereocenters. The number of thiazole rings is 1. The molecule has 0 saturated heterocycles. The second-order valence-corrected chi connectivity index (χ2v) is 6.79. The van der Waals surface area contributed by atoms with Crippen LogP contribution in [0, 0.1) is 0 Å². The predicted molar refractivity (Wildman–Crippen MR) is 98.7 cm³/mol. The van der Waals surface area contributed by atoms with Gasteiger partial charge in [-0.3, -0.25) is 0 Å². The predicted octanol–water partition coefficient (Wildman–Crippen LogP) is 1.50. The molecule has 0 N–H and O–H groups in total. The normalized spacial score (nSPS) is 11.5. The fourth-order valence-corrected chi connectivity index (χ4v) is 3.50. The lowest BCUT2D eigenvalue weighted by Gasteiger charge is -2.08. The van der Waals surface area contributed by atoms with Crippen LogP contribution in [0.5, 0.6) is 5.75 Å². The van der Waals surface area contributed by atoms with Gasteiger partial charge in [0.25, 0.3) is 0 Å². The Morgan fingerprint density at radius 1 is 1.00 bits per heavy atom. The first-order chi connectivity index (χ1) is 13.0. The van der Waals surface area contributed by atoms with Crippen molar-refractivity contribution in [3.8, 4) is 5.75 Å². The zero-order valence-electron chi connectivity index (χ0n) is 14.2. The summed E-state index contributed by atoms with van der Waals surface area (Å²) in [6.45, 7) is -0.516. The van der Waals surface area contributed by atoms with Gasteiger partial charge in [-0.05, 0) is 54.3 Å². The third-order valence-corrected chi connectivity index (χ3v) is 4.86. The Kier molecular flexibility index (Phi) is 5.83. The van der Waals surface area contributed by atoms with E-state index >= 15 is 0 Å². The Balaban J connectivity index is 1.87. The molecule has 0 radical (unpaired) electrons. The SMILES string of the molecule is O=C([O-])CC/C(=C\c1ccc(OCC(=O)[O-])cc1)c1nc2ccccc2s1. The average molecular weight is 381 g/mol. The number of carbonyl (C=O) groups excluding carboxylic acids is 2. The molecule has 0 fully saturated rings. The average Bonchev–Trinajstić information content (AvgIpc) is 3.08. The Morgan fingerprint density at radius 2 is 1.74 bits per heavy atom. The number of benzene rings is 2. The van der Waals surface area contributed by atoms with E-state index in [0.717, 1.165) is 26.4 Å². The minimum atomic E-state index is -1.29. The number of aliphatic carboxylic acids is 2. The van der Waals surface area contributed by atoms with E-state index in [-0.39, 0.29) is 6.42 Å². The molecule has 0 spiro atoms. The van der Waals surface area contributed by atoms with Gasteiger partial charge in [-0.1, -0.05) is 24.3 Å². The van der Waals surface area contributed by atoms with E-state index in [2.05, 4.69) is 4.98 Å². The van der Waals surface area contributed by atoms with E-state index in [0.29, 0.717) is 12.2 Å². The lowest BCUT2D eigenvalue weighted by atomic mass is 10.1. The van der Waals surface area contributed by atoms with Crippen molar-refractivity contribution in [2.75, 3.05) is 6.61 Å². The molecular weight excluding hydrogens is 366 g/mol. The van der Waals surface area contributed by atoms with Crippen molar-refractivity contribution in [3.05, 3.63) is 59.1 Å². The Bertz CT molecular complexity index is 958. The topological polar surface area (TPSA) is 102 Å².